The smallest absolute Gasteiger partial charge is 0.322 e. The number of phenols is 2. The van der Waals surface area contributed by atoms with Crippen molar-refractivity contribution in [2.75, 3.05) is 0 Å². The van der Waals surface area contributed by atoms with E-state index in [9.17, 15) is 19.8 Å². The van der Waals surface area contributed by atoms with Gasteiger partial charge in [0, 0.05) is 5.56 Å². The summed E-state index contributed by atoms with van der Waals surface area (Å²) in [6.07, 6.45) is 0. The first-order valence-corrected chi connectivity index (χ1v) is 6.25. The summed E-state index contributed by atoms with van der Waals surface area (Å²) in [6.45, 7) is 0. The van der Waals surface area contributed by atoms with Gasteiger partial charge in [-0.1, -0.05) is 30.3 Å². The Labute approximate surface area is 120 Å². The monoisotopic (exact) mass is 284 g/mol. The number of para-hydroxylation sites is 1. The largest absolute Gasteiger partial charge is 0.508 e. The summed E-state index contributed by atoms with van der Waals surface area (Å²) in [5, 5.41) is 24.2. The second kappa shape index (κ2) is 4.52. The van der Waals surface area contributed by atoms with E-state index in [0.29, 0.717) is 5.56 Å². The lowest BCUT2D eigenvalue weighted by atomic mass is 9.82. The van der Waals surface area contributed by atoms with Gasteiger partial charge in [-0.05, 0) is 23.8 Å². The van der Waals surface area contributed by atoms with Crippen molar-refractivity contribution >= 4 is 11.9 Å². The van der Waals surface area contributed by atoms with E-state index in [1.807, 2.05) is 0 Å². The lowest BCUT2D eigenvalue weighted by Crippen LogP contribution is -2.44. The van der Waals surface area contributed by atoms with Crippen molar-refractivity contribution in [3.05, 3.63) is 59.7 Å². The number of rotatable bonds is 2. The molecule has 0 saturated carbocycles. The number of benzene rings is 2. The van der Waals surface area contributed by atoms with Crippen LogP contribution in [0.1, 0.15) is 11.1 Å². The maximum Gasteiger partial charge on any atom is 0.322 e. The molecule has 0 radical (unpaired) electrons. The molecule has 106 valence electrons. The maximum absolute atomic E-state index is 12.4. The molecule has 3 rings (SSSR count). The van der Waals surface area contributed by atoms with Gasteiger partial charge in [-0.2, -0.15) is 0 Å². The van der Waals surface area contributed by atoms with E-state index in [-0.39, 0.29) is 17.1 Å². The predicted octanol–water partition coefficient (Wildman–Crippen LogP) is 1.18. The molecule has 6 heteroatoms. The lowest BCUT2D eigenvalue weighted by molar-refractivity contribution is -0.122. The molecule has 2 aromatic rings. The van der Waals surface area contributed by atoms with Gasteiger partial charge in [0.25, 0.3) is 5.91 Å². The van der Waals surface area contributed by atoms with Crippen molar-refractivity contribution in [3.8, 4) is 11.5 Å². The van der Waals surface area contributed by atoms with E-state index in [1.165, 1.54) is 30.3 Å². The Morgan fingerprint density at radius 2 is 1.57 bits per heavy atom. The molecule has 1 saturated heterocycles. The fourth-order valence-corrected chi connectivity index (χ4v) is 2.51. The Morgan fingerprint density at radius 3 is 2.14 bits per heavy atom. The Kier molecular flexibility index (Phi) is 2.79. The molecule has 1 aliphatic heterocycles. The third-order valence-electron chi connectivity index (χ3n) is 3.48. The number of phenolic OH excluding ortho intramolecular Hbond substituents is 2. The first-order chi connectivity index (χ1) is 10.0. The van der Waals surface area contributed by atoms with Gasteiger partial charge in [-0.3, -0.25) is 10.1 Å². The van der Waals surface area contributed by atoms with Crippen molar-refractivity contribution in [2.45, 2.75) is 5.54 Å². The highest BCUT2D eigenvalue weighted by atomic mass is 16.3. The minimum Gasteiger partial charge on any atom is -0.508 e. The van der Waals surface area contributed by atoms with Crippen LogP contribution < -0.4 is 10.6 Å². The summed E-state index contributed by atoms with van der Waals surface area (Å²) >= 11 is 0. The molecule has 0 spiro atoms. The molecule has 1 heterocycles. The average molecular weight is 284 g/mol. The second-order valence-corrected chi connectivity index (χ2v) is 4.72. The number of nitrogens with one attached hydrogen (secondary N) is 2. The van der Waals surface area contributed by atoms with Gasteiger partial charge in [0.05, 0.1) is 0 Å². The zero-order valence-corrected chi connectivity index (χ0v) is 10.8. The fraction of sp³-hybridized carbons (Fsp3) is 0.0667. The van der Waals surface area contributed by atoms with Crippen molar-refractivity contribution < 1.29 is 19.8 Å². The van der Waals surface area contributed by atoms with E-state index < -0.39 is 17.5 Å². The van der Waals surface area contributed by atoms with Crippen molar-refractivity contribution in [1.29, 1.82) is 0 Å². The molecule has 2 aromatic carbocycles. The molecule has 0 aromatic heterocycles. The highest BCUT2D eigenvalue weighted by Gasteiger charge is 2.50. The van der Waals surface area contributed by atoms with Gasteiger partial charge >= 0.3 is 6.03 Å². The quantitative estimate of drug-likeness (QED) is 0.622. The highest BCUT2D eigenvalue weighted by molar-refractivity contribution is 6.09. The van der Waals surface area contributed by atoms with Gasteiger partial charge in [0.2, 0.25) is 0 Å². The Bertz CT molecular complexity index is 727. The first kappa shape index (κ1) is 13.0. The van der Waals surface area contributed by atoms with E-state index in [4.69, 9.17) is 0 Å². The van der Waals surface area contributed by atoms with E-state index in [2.05, 4.69) is 10.6 Å². The molecule has 1 aliphatic rings. The number of hydrogen-bond acceptors (Lipinski definition) is 4. The average Bonchev–Trinajstić information content (AvgIpc) is 2.76. The predicted molar refractivity (Wildman–Crippen MR) is 73.7 cm³/mol. The van der Waals surface area contributed by atoms with E-state index >= 15 is 0 Å². The van der Waals surface area contributed by atoms with E-state index in [0.717, 1.165) is 0 Å². The first-order valence-electron chi connectivity index (χ1n) is 6.25. The number of aromatic hydroxyl groups is 2. The van der Waals surface area contributed by atoms with Crippen LogP contribution in [0.15, 0.2) is 48.5 Å². The number of imide groups is 1. The van der Waals surface area contributed by atoms with Crippen LogP contribution in [-0.2, 0) is 10.3 Å². The molecule has 0 aliphatic carbocycles. The zero-order chi connectivity index (χ0) is 15.0. The molecule has 3 amide bonds. The number of urea groups is 1. The molecular weight excluding hydrogens is 272 g/mol. The molecule has 0 unspecified atom stereocenters. The molecule has 1 fully saturated rings. The van der Waals surface area contributed by atoms with Crippen LogP contribution in [-0.4, -0.2) is 22.2 Å². The fourth-order valence-electron chi connectivity index (χ4n) is 2.51. The molecule has 1 atom stereocenters. The topological polar surface area (TPSA) is 98.7 Å². The van der Waals surface area contributed by atoms with Crippen LogP contribution in [0.3, 0.4) is 0 Å². The summed E-state index contributed by atoms with van der Waals surface area (Å²) in [5.74, 6) is -0.654. The maximum atomic E-state index is 12.4. The molecular formula is C15H12N2O4. The van der Waals surface area contributed by atoms with Gasteiger partial charge in [-0.15, -0.1) is 0 Å². The third-order valence-corrected chi connectivity index (χ3v) is 3.48. The zero-order valence-electron chi connectivity index (χ0n) is 10.8. The van der Waals surface area contributed by atoms with Gasteiger partial charge in [0.15, 0.2) is 5.54 Å². The van der Waals surface area contributed by atoms with Crippen LogP contribution in [0.4, 0.5) is 4.79 Å². The van der Waals surface area contributed by atoms with Crippen LogP contribution in [0.5, 0.6) is 11.5 Å². The number of carbonyl (C=O) groups is 2. The minimum absolute atomic E-state index is 0.0379. The van der Waals surface area contributed by atoms with Crippen LogP contribution in [0.25, 0.3) is 0 Å². The summed E-state index contributed by atoms with van der Waals surface area (Å²) in [7, 11) is 0. The SMILES string of the molecule is O=C1NC(=O)[C@](c2ccc(O)cc2)(c2ccccc2O)N1. The van der Waals surface area contributed by atoms with Crippen molar-refractivity contribution in [3.63, 3.8) is 0 Å². The molecule has 21 heavy (non-hydrogen) atoms. The highest BCUT2D eigenvalue weighted by Crippen LogP contribution is 2.37. The van der Waals surface area contributed by atoms with Crippen molar-refractivity contribution in [1.82, 2.24) is 10.6 Å². The molecule has 4 N–H and O–H groups in total. The summed E-state index contributed by atoms with van der Waals surface area (Å²) < 4.78 is 0. The summed E-state index contributed by atoms with van der Waals surface area (Å²) in [5.41, 5.74) is -0.819. The summed E-state index contributed by atoms with van der Waals surface area (Å²) in [4.78, 5) is 24.0. The van der Waals surface area contributed by atoms with Gasteiger partial charge in [-0.25, -0.2) is 4.79 Å². The Morgan fingerprint density at radius 1 is 0.905 bits per heavy atom. The standard InChI is InChI=1S/C15H12N2O4/c18-10-7-5-9(6-8-10)15(13(20)16-14(21)17-15)11-3-1-2-4-12(11)19/h1-8,18-19H,(H2,16,17,20,21)/t15-/m0/s1. The Balaban J connectivity index is 2.26. The summed E-state index contributed by atoms with van der Waals surface area (Å²) in [6, 6.07) is 11.5. The lowest BCUT2D eigenvalue weighted by Gasteiger charge is -2.27. The van der Waals surface area contributed by atoms with Gasteiger partial charge in [0.1, 0.15) is 11.5 Å². The van der Waals surface area contributed by atoms with E-state index in [1.54, 1.807) is 18.2 Å². The molecule has 0 bridgehead atoms. The van der Waals surface area contributed by atoms with Crippen molar-refractivity contribution in [2.24, 2.45) is 0 Å². The van der Waals surface area contributed by atoms with Crippen LogP contribution in [0, 0.1) is 0 Å². The third kappa shape index (κ3) is 1.88. The van der Waals surface area contributed by atoms with Crippen LogP contribution in [0.2, 0.25) is 0 Å². The van der Waals surface area contributed by atoms with Gasteiger partial charge < -0.3 is 15.5 Å². The Hall–Kier alpha value is -3.02. The number of carbonyl (C=O) groups excluding carboxylic acids is 2. The normalized spacial score (nSPS) is 21.0. The minimum atomic E-state index is -1.52. The molecule has 6 nitrogen and oxygen atoms in total. The number of hydrogen-bond donors (Lipinski definition) is 4. The second-order valence-electron chi connectivity index (χ2n) is 4.72. The number of amides is 3. The van der Waals surface area contributed by atoms with Crippen LogP contribution >= 0.6 is 0 Å².